The van der Waals surface area contributed by atoms with E-state index in [1.165, 1.54) is 64.2 Å². The van der Waals surface area contributed by atoms with Gasteiger partial charge in [0.25, 0.3) is 0 Å². The third kappa shape index (κ3) is 13.9. The number of aliphatic carboxylic acids is 1. The Morgan fingerprint density at radius 1 is 0.897 bits per heavy atom. The van der Waals surface area contributed by atoms with E-state index in [4.69, 9.17) is 9.84 Å². The van der Waals surface area contributed by atoms with Crippen molar-refractivity contribution in [3.8, 4) is 5.75 Å². The van der Waals surface area contributed by atoms with Crippen molar-refractivity contribution in [3.05, 3.63) is 36.4 Å². The molecule has 3 nitrogen and oxygen atoms in total. The fraction of sp³-hybridized carbons (Fsp3) is 0.654. The lowest BCUT2D eigenvalue weighted by atomic mass is 10.0. The second-order valence-electron chi connectivity index (χ2n) is 8.12. The highest BCUT2D eigenvalue weighted by Gasteiger charge is 2.11. The largest absolute Gasteiger partial charge is 0.490 e. The highest BCUT2D eigenvalue weighted by atomic mass is 16.5. The standard InChI is InChI=1S/C26H42O3/c1-3-5-6-7-8-9-10-11-12-13-16-24(17-14-15-18-26(27)28)29-25-21-19-23(4-2)20-22-25/h4,19-22,24H,2-3,5-18H2,1H3,(H,27,28). The lowest BCUT2D eigenvalue weighted by Gasteiger charge is -2.19. The van der Waals surface area contributed by atoms with Crippen LogP contribution < -0.4 is 4.74 Å². The van der Waals surface area contributed by atoms with E-state index in [2.05, 4.69) is 13.5 Å². The molecule has 0 aliphatic rings. The van der Waals surface area contributed by atoms with Gasteiger partial charge in [-0.05, 0) is 49.8 Å². The van der Waals surface area contributed by atoms with Gasteiger partial charge in [-0.15, -0.1) is 0 Å². The van der Waals surface area contributed by atoms with Crippen LogP contribution in [0.15, 0.2) is 30.8 Å². The topological polar surface area (TPSA) is 46.5 Å². The predicted octanol–water partition coefficient (Wildman–Crippen LogP) is 8.03. The maximum absolute atomic E-state index is 10.7. The summed E-state index contributed by atoms with van der Waals surface area (Å²) in [6.07, 6.45) is 19.2. The molecule has 0 heterocycles. The average molecular weight is 403 g/mol. The molecule has 0 amide bonds. The van der Waals surface area contributed by atoms with Gasteiger partial charge in [0.2, 0.25) is 0 Å². The zero-order valence-electron chi connectivity index (χ0n) is 18.5. The van der Waals surface area contributed by atoms with E-state index in [0.717, 1.165) is 37.0 Å². The van der Waals surface area contributed by atoms with Crippen molar-refractivity contribution in [3.63, 3.8) is 0 Å². The number of rotatable bonds is 19. The molecule has 0 aliphatic carbocycles. The number of ether oxygens (including phenoxy) is 1. The zero-order chi connectivity index (χ0) is 21.2. The third-order valence-electron chi connectivity index (χ3n) is 5.46. The summed E-state index contributed by atoms with van der Waals surface area (Å²) in [4.78, 5) is 10.7. The highest BCUT2D eigenvalue weighted by Crippen LogP contribution is 2.21. The Hall–Kier alpha value is -1.77. The van der Waals surface area contributed by atoms with Crippen molar-refractivity contribution in [2.24, 2.45) is 0 Å². The van der Waals surface area contributed by atoms with E-state index < -0.39 is 5.97 Å². The molecule has 0 bridgehead atoms. The molecule has 0 fully saturated rings. The summed E-state index contributed by atoms with van der Waals surface area (Å²) in [5, 5.41) is 8.83. The molecular weight excluding hydrogens is 360 g/mol. The van der Waals surface area contributed by atoms with Crippen LogP contribution in [0.4, 0.5) is 0 Å². The van der Waals surface area contributed by atoms with Crippen LogP contribution in [-0.4, -0.2) is 17.2 Å². The number of unbranched alkanes of at least 4 members (excludes halogenated alkanes) is 10. The van der Waals surface area contributed by atoms with Gasteiger partial charge in [-0.2, -0.15) is 0 Å². The minimum atomic E-state index is -0.711. The van der Waals surface area contributed by atoms with Gasteiger partial charge in [0.05, 0.1) is 6.10 Å². The minimum Gasteiger partial charge on any atom is -0.490 e. The molecule has 0 aromatic heterocycles. The summed E-state index contributed by atoms with van der Waals surface area (Å²) < 4.78 is 6.22. The first-order chi connectivity index (χ1) is 14.2. The monoisotopic (exact) mass is 402 g/mol. The van der Waals surface area contributed by atoms with Crippen molar-refractivity contribution >= 4 is 12.0 Å². The maximum Gasteiger partial charge on any atom is 0.303 e. The molecule has 0 aliphatic heterocycles. The second kappa shape index (κ2) is 17.1. The van der Waals surface area contributed by atoms with Gasteiger partial charge in [-0.1, -0.05) is 89.5 Å². The van der Waals surface area contributed by atoms with Gasteiger partial charge in [-0.3, -0.25) is 4.79 Å². The van der Waals surface area contributed by atoms with E-state index in [1.807, 2.05) is 30.3 Å². The van der Waals surface area contributed by atoms with Gasteiger partial charge in [0.15, 0.2) is 0 Å². The fourth-order valence-corrected chi connectivity index (χ4v) is 3.64. The van der Waals surface area contributed by atoms with Crippen LogP contribution in [0.2, 0.25) is 0 Å². The van der Waals surface area contributed by atoms with Crippen LogP contribution in [0, 0.1) is 0 Å². The van der Waals surface area contributed by atoms with Gasteiger partial charge in [0.1, 0.15) is 5.75 Å². The summed E-state index contributed by atoms with van der Waals surface area (Å²) in [7, 11) is 0. The Labute approximate surface area is 178 Å². The normalized spacial score (nSPS) is 11.9. The lowest BCUT2D eigenvalue weighted by Crippen LogP contribution is -2.16. The van der Waals surface area contributed by atoms with Crippen LogP contribution in [0.25, 0.3) is 6.08 Å². The lowest BCUT2D eigenvalue weighted by molar-refractivity contribution is -0.137. The van der Waals surface area contributed by atoms with Gasteiger partial charge < -0.3 is 9.84 Å². The van der Waals surface area contributed by atoms with E-state index in [0.29, 0.717) is 0 Å². The number of hydrogen-bond donors (Lipinski definition) is 1. The first kappa shape index (κ1) is 25.3. The molecule has 29 heavy (non-hydrogen) atoms. The number of carbonyl (C=O) groups is 1. The van der Waals surface area contributed by atoms with E-state index in [-0.39, 0.29) is 12.5 Å². The Morgan fingerprint density at radius 2 is 1.41 bits per heavy atom. The molecular formula is C26H42O3. The first-order valence-corrected chi connectivity index (χ1v) is 11.8. The van der Waals surface area contributed by atoms with Gasteiger partial charge in [0, 0.05) is 6.42 Å². The van der Waals surface area contributed by atoms with Crippen LogP contribution in [0.3, 0.4) is 0 Å². The Bertz CT molecular complexity index is 535. The second-order valence-corrected chi connectivity index (χ2v) is 8.12. The molecule has 3 heteroatoms. The van der Waals surface area contributed by atoms with E-state index in [1.54, 1.807) is 0 Å². The molecule has 164 valence electrons. The molecule has 1 unspecified atom stereocenters. The van der Waals surface area contributed by atoms with Crippen LogP contribution in [-0.2, 0) is 4.79 Å². The van der Waals surface area contributed by atoms with Gasteiger partial charge in [-0.25, -0.2) is 0 Å². The quantitative estimate of drug-likeness (QED) is 0.238. The molecule has 1 atom stereocenters. The summed E-state index contributed by atoms with van der Waals surface area (Å²) in [5.74, 6) is 0.183. The van der Waals surface area contributed by atoms with E-state index >= 15 is 0 Å². The van der Waals surface area contributed by atoms with Crippen molar-refractivity contribution in [2.45, 2.75) is 109 Å². The predicted molar refractivity (Wildman–Crippen MR) is 124 cm³/mol. The summed E-state index contributed by atoms with van der Waals surface area (Å²) in [6.45, 7) is 6.05. The van der Waals surface area contributed by atoms with Crippen molar-refractivity contribution < 1.29 is 14.6 Å². The SMILES string of the molecule is C=Cc1ccc(OC(CCCCCCCCCCCC)CCCCC(=O)O)cc1. The highest BCUT2D eigenvalue weighted by molar-refractivity contribution is 5.66. The Balaban J connectivity index is 2.27. The molecule has 1 N–H and O–H groups in total. The van der Waals surface area contributed by atoms with Crippen molar-refractivity contribution in [1.29, 1.82) is 0 Å². The number of benzene rings is 1. The van der Waals surface area contributed by atoms with E-state index in [9.17, 15) is 4.79 Å². The van der Waals surface area contributed by atoms with Crippen molar-refractivity contribution in [1.82, 2.24) is 0 Å². The number of hydrogen-bond acceptors (Lipinski definition) is 2. The molecule has 0 radical (unpaired) electrons. The van der Waals surface area contributed by atoms with Gasteiger partial charge >= 0.3 is 5.97 Å². The first-order valence-electron chi connectivity index (χ1n) is 11.8. The smallest absolute Gasteiger partial charge is 0.303 e. The number of carboxylic acids is 1. The van der Waals surface area contributed by atoms with Crippen molar-refractivity contribution in [2.75, 3.05) is 0 Å². The molecule has 1 rings (SSSR count). The minimum absolute atomic E-state index is 0.174. The third-order valence-corrected chi connectivity index (χ3v) is 5.46. The molecule has 0 saturated heterocycles. The number of carboxylic acid groups (broad SMARTS) is 1. The average Bonchev–Trinajstić information content (AvgIpc) is 2.72. The van der Waals surface area contributed by atoms with Crippen LogP contribution in [0.1, 0.15) is 109 Å². The molecule has 1 aromatic carbocycles. The molecule has 0 spiro atoms. The fourth-order valence-electron chi connectivity index (χ4n) is 3.64. The maximum atomic E-state index is 10.7. The molecule has 1 aromatic rings. The van der Waals surface area contributed by atoms with Crippen LogP contribution >= 0.6 is 0 Å². The Morgan fingerprint density at radius 3 is 1.93 bits per heavy atom. The van der Waals surface area contributed by atoms with Crippen LogP contribution in [0.5, 0.6) is 5.75 Å². The zero-order valence-corrected chi connectivity index (χ0v) is 18.5. The Kier molecular flexibility index (Phi) is 14.9. The summed E-state index contributed by atoms with van der Waals surface area (Å²) >= 11 is 0. The summed E-state index contributed by atoms with van der Waals surface area (Å²) in [6, 6.07) is 8.04. The summed E-state index contributed by atoms with van der Waals surface area (Å²) in [5.41, 5.74) is 1.09. The molecule has 0 saturated carbocycles.